The maximum absolute atomic E-state index is 13.4. The SMILES string of the molecule is Cn1ccc2c([C@@H](c3cn(C45CC(C4)C5)nn3)N(c3cc(Cl)c4ncc(C#N)c(NCC(C)(C)C)c4c3)C(O)OCCCP(=O)(O)O)cccc2c1=O. The smallest absolute Gasteiger partial charge is 0.325 e. The highest BCUT2D eigenvalue weighted by molar-refractivity contribution is 7.51. The molecule has 3 heterocycles. The molecule has 3 aliphatic rings. The van der Waals surface area contributed by atoms with Crippen LogP contribution in [0.5, 0.6) is 0 Å². The van der Waals surface area contributed by atoms with Gasteiger partial charge in [-0.1, -0.05) is 49.7 Å². The minimum atomic E-state index is -4.32. The number of benzene rings is 2. The van der Waals surface area contributed by atoms with E-state index < -0.39 is 26.2 Å². The first-order valence-electron chi connectivity index (χ1n) is 17.5. The first kappa shape index (κ1) is 37.0. The number of nitriles is 1. The maximum atomic E-state index is 13.4. The fraction of sp³-hybridized carbons (Fsp3) is 0.432. The zero-order chi connectivity index (χ0) is 37.9. The van der Waals surface area contributed by atoms with Crippen LogP contribution in [0, 0.1) is 22.7 Å². The largest absolute Gasteiger partial charge is 0.383 e. The van der Waals surface area contributed by atoms with Gasteiger partial charge in [0.15, 0.2) is 0 Å². The van der Waals surface area contributed by atoms with Crippen LogP contribution in [0.2, 0.25) is 5.02 Å². The third-order valence-corrected chi connectivity index (χ3v) is 11.4. The summed E-state index contributed by atoms with van der Waals surface area (Å²) in [5, 5.41) is 36.7. The second-order valence-electron chi connectivity index (χ2n) is 15.5. The highest BCUT2D eigenvalue weighted by Crippen LogP contribution is 2.62. The Kier molecular flexibility index (Phi) is 9.64. The van der Waals surface area contributed by atoms with Gasteiger partial charge in [0.05, 0.1) is 46.3 Å². The standard InChI is InChI=1S/C37H42ClN8O6P/c1-36(2,3)21-41-31-23(18-39)19-40-32-28(31)13-24(14-29(32)38)46(35(48)52-11-6-12-53(49,50)51)33(30-20-45(43-42-30)37-15-22(16-37)17-37)26-7-5-8-27-25(26)9-10-44(4)34(27)47/h5,7-10,13-14,19-20,22,33,35,48H,6,11-12,15-17,21H2,1-4H3,(H,40,41)(H2,49,50,51)/t22?,33-,35?,37?/m0/s1. The first-order valence-corrected chi connectivity index (χ1v) is 19.6. The van der Waals surface area contributed by atoms with Crippen LogP contribution >= 0.6 is 19.2 Å². The molecule has 4 N–H and O–H groups in total. The number of aromatic nitrogens is 5. The highest BCUT2D eigenvalue weighted by Gasteiger charge is 2.59. The summed E-state index contributed by atoms with van der Waals surface area (Å²) in [4.78, 5) is 38.4. The Morgan fingerprint density at radius 2 is 1.94 bits per heavy atom. The molecule has 16 heteroatoms. The number of hydrogen-bond acceptors (Lipinski definition) is 10. The summed E-state index contributed by atoms with van der Waals surface area (Å²) in [7, 11) is -2.64. The highest BCUT2D eigenvalue weighted by atomic mass is 35.5. The Morgan fingerprint density at radius 1 is 1.19 bits per heavy atom. The Labute approximate surface area is 311 Å². The molecule has 3 saturated carbocycles. The molecule has 2 bridgehead atoms. The summed E-state index contributed by atoms with van der Waals surface area (Å²) in [6, 6.07) is 11.9. The van der Waals surface area contributed by atoms with Gasteiger partial charge in [0.1, 0.15) is 17.8 Å². The molecular weight excluding hydrogens is 719 g/mol. The molecule has 0 amide bonds. The number of nitrogens with one attached hydrogen (secondary N) is 1. The van der Waals surface area contributed by atoms with Gasteiger partial charge in [-0.15, -0.1) is 5.10 Å². The molecule has 2 atom stereocenters. The lowest BCUT2D eigenvalue weighted by atomic mass is 9.50. The molecule has 14 nitrogen and oxygen atoms in total. The van der Waals surface area contributed by atoms with Gasteiger partial charge < -0.3 is 34.4 Å². The van der Waals surface area contributed by atoms with Gasteiger partial charge in [0.25, 0.3) is 5.56 Å². The van der Waals surface area contributed by atoms with Crippen LogP contribution in [-0.2, 0) is 21.9 Å². The van der Waals surface area contributed by atoms with E-state index in [-0.39, 0.29) is 34.6 Å². The second kappa shape index (κ2) is 13.8. The van der Waals surface area contributed by atoms with Crippen molar-refractivity contribution in [2.24, 2.45) is 18.4 Å². The molecular formula is C37H42ClN8O6P. The van der Waals surface area contributed by atoms with E-state index in [1.54, 1.807) is 42.4 Å². The number of aliphatic hydroxyl groups is 1. The van der Waals surface area contributed by atoms with Crippen molar-refractivity contribution in [3.05, 3.63) is 87.2 Å². The number of aliphatic hydroxyl groups excluding tert-OH is 1. The van der Waals surface area contributed by atoms with E-state index in [1.165, 1.54) is 10.8 Å². The molecule has 0 aliphatic heterocycles. The van der Waals surface area contributed by atoms with Crippen molar-refractivity contribution in [1.29, 1.82) is 5.26 Å². The number of ether oxygens (including phenoxy) is 1. The topological polar surface area (TPSA) is 192 Å². The predicted molar refractivity (Wildman–Crippen MR) is 202 cm³/mol. The van der Waals surface area contributed by atoms with Crippen LogP contribution < -0.4 is 15.8 Å². The third kappa shape index (κ3) is 7.17. The molecule has 0 saturated heterocycles. The Bertz CT molecular complexity index is 2350. The summed E-state index contributed by atoms with van der Waals surface area (Å²) < 4.78 is 21.0. The fourth-order valence-electron chi connectivity index (χ4n) is 7.40. The molecule has 3 aromatic heterocycles. The Balaban J connectivity index is 1.44. The van der Waals surface area contributed by atoms with Crippen molar-refractivity contribution < 1.29 is 24.2 Å². The second-order valence-corrected chi connectivity index (χ2v) is 17.7. The summed E-state index contributed by atoms with van der Waals surface area (Å²) in [6.45, 7) is 6.54. The number of aryl methyl sites for hydroxylation is 1. The van der Waals surface area contributed by atoms with Gasteiger partial charge in [0, 0.05) is 42.4 Å². The molecule has 2 aromatic carbocycles. The molecule has 8 rings (SSSR count). The van der Waals surface area contributed by atoms with E-state index in [0.29, 0.717) is 62.3 Å². The van der Waals surface area contributed by atoms with E-state index in [0.717, 1.165) is 19.3 Å². The van der Waals surface area contributed by atoms with Crippen LogP contribution in [0.4, 0.5) is 11.4 Å². The average Bonchev–Trinajstić information content (AvgIpc) is 3.52. The number of halogens is 1. The van der Waals surface area contributed by atoms with Crippen molar-refractivity contribution in [1.82, 2.24) is 24.5 Å². The van der Waals surface area contributed by atoms with Crippen LogP contribution in [-0.4, -0.2) is 65.2 Å². The van der Waals surface area contributed by atoms with E-state index in [4.69, 9.17) is 16.3 Å². The Morgan fingerprint density at radius 3 is 2.60 bits per heavy atom. The van der Waals surface area contributed by atoms with Crippen LogP contribution in [0.1, 0.15) is 69.3 Å². The summed E-state index contributed by atoms with van der Waals surface area (Å²) in [5.41, 5.74) is 2.26. The van der Waals surface area contributed by atoms with Gasteiger partial charge in [-0.3, -0.25) is 14.3 Å². The molecule has 0 spiro atoms. The fourth-order valence-corrected chi connectivity index (χ4v) is 8.21. The lowest BCUT2D eigenvalue weighted by Gasteiger charge is -2.61. The molecule has 3 fully saturated rings. The normalized spacial score (nSPS) is 19.3. The summed E-state index contributed by atoms with van der Waals surface area (Å²) in [6.07, 6.45) is 5.89. The van der Waals surface area contributed by atoms with Gasteiger partial charge in [-0.2, -0.15) is 5.26 Å². The average molecular weight is 761 g/mol. The number of anilines is 2. The number of pyridine rings is 2. The van der Waals surface area contributed by atoms with E-state index in [1.807, 2.05) is 23.0 Å². The lowest BCUT2D eigenvalue weighted by Crippen LogP contribution is -2.59. The van der Waals surface area contributed by atoms with E-state index in [9.17, 15) is 29.5 Å². The molecule has 278 valence electrons. The van der Waals surface area contributed by atoms with Gasteiger partial charge in [0.2, 0.25) is 6.41 Å². The number of hydrogen-bond donors (Lipinski definition) is 4. The zero-order valence-corrected chi connectivity index (χ0v) is 31.6. The maximum Gasteiger partial charge on any atom is 0.325 e. The lowest BCUT2D eigenvalue weighted by molar-refractivity contribution is -0.102. The van der Waals surface area contributed by atoms with Crippen LogP contribution in [0.3, 0.4) is 0 Å². The van der Waals surface area contributed by atoms with Crippen molar-refractivity contribution >= 4 is 52.2 Å². The number of nitrogens with zero attached hydrogens (tertiary/aromatic N) is 7. The Hall–Kier alpha value is -4.35. The van der Waals surface area contributed by atoms with Crippen molar-refractivity contribution in [3.8, 4) is 6.07 Å². The molecule has 3 aliphatic carbocycles. The molecule has 1 unspecified atom stereocenters. The van der Waals surface area contributed by atoms with Gasteiger partial charge >= 0.3 is 7.60 Å². The number of rotatable bonds is 13. The van der Waals surface area contributed by atoms with Gasteiger partial charge in [-0.05, 0) is 72.2 Å². The molecule has 0 radical (unpaired) electrons. The van der Waals surface area contributed by atoms with Gasteiger partial charge in [-0.25, -0.2) is 4.68 Å². The molecule has 5 aromatic rings. The summed E-state index contributed by atoms with van der Waals surface area (Å²) >= 11 is 6.99. The number of fused-ring (bicyclic) bond motifs is 2. The minimum Gasteiger partial charge on any atom is -0.383 e. The monoisotopic (exact) mass is 760 g/mol. The first-order chi connectivity index (χ1) is 25.1. The van der Waals surface area contributed by atoms with Crippen LogP contribution in [0.15, 0.2) is 59.8 Å². The molecule has 53 heavy (non-hydrogen) atoms. The van der Waals surface area contributed by atoms with Crippen molar-refractivity contribution in [2.45, 2.75) is 64.4 Å². The quantitative estimate of drug-likeness (QED) is 0.0659. The zero-order valence-electron chi connectivity index (χ0n) is 29.9. The third-order valence-electron chi connectivity index (χ3n) is 10.2. The van der Waals surface area contributed by atoms with Crippen molar-refractivity contribution in [3.63, 3.8) is 0 Å². The summed E-state index contributed by atoms with van der Waals surface area (Å²) in [5.74, 6) is 0.681. The van der Waals surface area contributed by atoms with E-state index >= 15 is 0 Å². The van der Waals surface area contributed by atoms with E-state index in [2.05, 4.69) is 47.5 Å². The van der Waals surface area contributed by atoms with Crippen molar-refractivity contribution in [2.75, 3.05) is 29.5 Å². The van der Waals surface area contributed by atoms with Crippen LogP contribution in [0.25, 0.3) is 21.7 Å². The predicted octanol–water partition coefficient (Wildman–Crippen LogP) is 5.63. The minimum absolute atomic E-state index is 0.0289.